The molecule has 122 valence electrons. The number of primary amides is 1. The summed E-state index contributed by atoms with van der Waals surface area (Å²) in [6.45, 7) is 5.47. The Bertz CT molecular complexity index is 529. The van der Waals surface area contributed by atoms with Crippen LogP contribution in [-0.4, -0.2) is 65.2 Å². The van der Waals surface area contributed by atoms with E-state index in [1.165, 1.54) is 11.8 Å². The predicted molar refractivity (Wildman–Crippen MR) is 81.7 cm³/mol. The van der Waals surface area contributed by atoms with Crippen molar-refractivity contribution in [3.63, 3.8) is 0 Å². The van der Waals surface area contributed by atoms with Crippen molar-refractivity contribution in [2.45, 2.75) is 18.6 Å². The molecule has 0 aliphatic carbocycles. The molecule has 1 aliphatic rings. The molecule has 0 aromatic carbocycles. The van der Waals surface area contributed by atoms with Gasteiger partial charge in [-0.15, -0.1) is 10.2 Å². The number of morpholine rings is 1. The van der Waals surface area contributed by atoms with Crippen molar-refractivity contribution < 1.29 is 14.3 Å². The van der Waals surface area contributed by atoms with Gasteiger partial charge in [0, 0.05) is 19.6 Å². The van der Waals surface area contributed by atoms with Crippen molar-refractivity contribution in [3.8, 4) is 0 Å². The summed E-state index contributed by atoms with van der Waals surface area (Å²) in [5.41, 5.74) is 4.98. The number of hydrogen-bond acceptors (Lipinski definition) is 7. The maximum absolute atomic E-state index is 11.6. The number of thioether (sulfide) groups is 1. The molecule has 0 saturated carbocycles. The lowest BCUT2D eigenvalue weighted by Crippen LogP contribution is -2.38. The van der Waals surface area contributed by atoms with Gasteiger partial charge in [0.05, 0.1) is 25.5 Å². The van der Waals surface area contributed by atoms with Gasteiger partial charge in [0.25, 0.3) is 0 Å². The Hall–Kier alpha value is -1.81. The number of anilines is 1. The first kappa shape index (κ1) is 16.6. The van der Waals surface area contributed by atoms with E-state index in [1.807, 2.05) is 11.5 Å². The summed E-state index contributed by atoms with van der Waals surface area (Å²) in [5, 5.41) is 11.5. The molecule has 1 aliphatic heterocycles. The van der Waals surface area contributed by atoms with Crippen LogP contribution in [0.1, 0.15) is 6.92 Å². The predicted octanol–water partition coefficient (Wildman–Crippen LogP) is -1.17. The van der Waals surface area contributed by atoms with E-state index in [1.54, 1.807) is 0 Å². The normalized spacial score (nSPS) is 14.9. The van der Waals surface area contributed by atoms with Crippen LogP contribution < -0.4 is 16.0 Å². The molecular weight excluding hydrogens is 308 g/mol. The zero-order valence-electron chi connectivity index (χ0n) is 12.4. The van der Waals surface area contributed by atoms with Gasteiger partial charge in [-0.05, 0) is 6.92 Å². The number of nitrogens with one attached hydrogen (secondary N) is 1. The molecule has 9 nitrogen and oxygen atoms in total. The highest BCUT2D eigenvalue weighted by molar-refractivity contribution is 7.99. The van der Waals surface area contributed by atoms with E-state index in [0.717, 1.165) is 19.0 Å². The monoisotopic (exact) mass is 328 g/mol. The fraction of sp³-hybridized carbons (Fsp3) is 0.667. The number of rotatable bonds is 7. The number of carbonyl (C=O) groups is 2. The maximum Gasteiger partial charge on any atom is 0.236 e. The highest BCUT2D eigenvalue weighted by Crippen LogP contribution is 2.22. The number of nitrogens with two attached hydrogens (primary N) is 1. The Morgan fingerprint density at radius 1 is 1.36 bits per heavy atom. The number of nitrogens with zero attached hydrogens (tertiary/aromatic N) is 4. The van der Waals surface area contributed by atoms with E-state index in [9.17, 15) is 9.59 Å². The third-order valence-electron chi connectivity index (χ3n) is 3.10. The highest BCUT2D eigenvalue weighted by Gasteiger charge is 2.20. The van der Waals surface area contributed by atoms with E-state index in [4.69, 9.17) is 10.5 Å². The molecule has 3 N–H and O–H groups in total. The van der Waals surface area contributed by atoms with Crippen LogP contribution in [-0.2, 0) is 20.9 Å². The fourth-order valence-electron chi connectivity index (χ4n) is 2.03. The van der Waals surface area contributed by atoms with Crippen LogP contribution in [0.3, 0.4) is 0 Å². The van der Waals surface area contributed by atoms with Gasteiger partial charge in [0.1, 0.15) is 0 Å². The summed E-state index contributed by atoms with van der Waals surface area (Å²) < 4.78 is 7.30. The number of aromatic nitrogens is 3. The lowest BCUT2D eigenvalue weighted by molar-refractivity contribution is -0.123. The van der Waals surface area contributed by atoms with Crippen molar-refractivity contribution in [2.24, 2.45) is 5.73 Å². The molecule has 1 aromatic rings. The van der Waals surface area contributed by atoms with Crippen molar-refractivity contribution >= 4 is 29.5 Å². The van der Waals surface area contributed by atoms with Crippen molar-refractivity contribution in [1.82, 2.24) is 20.1 Å². The molecule has 1 saturated heterocycles. The van der Waals surface area contributed by atoms with Gasteiger partial charge in [0.2, 0.25) is 17.8 Å². The molecule has 0 spiro atoms. The Kier molecular flexibility index (Phi) is 6.01. The van der Waals surface area contributed by atoms with Crippen molar-refractivity contribution in [1.29, 1.82) is 0 Å². The molecule has 10 heteroatoms. The summed E-state index contributed by atoms with van der Waals surface area (Å²) in [7, 11) is 0. The first-order chi connectivity index (χ1) is 10.6. The maximum atomic E-state index is 11.6. The average molecular weight is 328 g/mol. The molecule has 0 radical (unpaired) electrons. The van der Waals surface area contributed by atoms with Gasteiger partial charge >= 0.3 is 0 Å². The summed E-state index contributed by atoms with van der Waals surface area (Å²) in [4.78, 5) is 24.3. The average Bonchev–Trinajstić information content (AvgIpc) is 2.94. The van der Waals surface area contributed by atoms with Crippen molar-refractivity contribution in [2.75, 3.05) is 43.5 Å². The number of ether oxygens (including phenoxy) is 1. The van der Waals surface area contributed by atoms with E-state index >= 15 is 0 Å². The number of carbonyl (C=O) groups excluding carboxylic acids is 2. The molecule has 22 heavy (non-hydrogen) atoms. The summed E-state index contributed by atoms with van der Waals surface area (Å²) >= 11 is 1.28. The second-order valence-electron chi connectivity index (χ2n) is 4.66. The van der Waals surface area contributed by atoms with Crippen LogP contribution in [0.25, 0.3) is 0 Å². The van der Waals surface area contributed by atoms with Crippen molar-refractivity contribution in [3.05, 3.63) is 0 Å². The standard InChI is InChI=1S/C12H20N6O3S/c1-2-18-11(17-3-5-21-6-4-17)15-16-12(18)22-8-10(20)14-7-9(13)19/h2-8H2,1H3,(H2,13,19)(H,14,20). The van der Waals surface area contributed by atoms with E-state index in [0.29, 0.717) is 24.9 Å². The molecule has 0 atom stereocenters. The number of hydrogen-bond donors (Lipinski definition) is 2. The van der Waals surface area contributed by atoms with Gasteiger partial charge < -0.3 is 20.7 Å². The van der Waals surface area contributed by atoms with E-state index in [-0.39, 0.29) is 18.2 Å². The second kappa shape index (κ2) is 7.99. The molecule has 1 fully saturated rings. The highest BCUT2D eigenvalue weighted by atomic mass is 32.2. The fourth-order valence-corrected chi connectivity index (χ4v) is 2.86. The van der Waals surface area contributed by atoms with E-state index < -0.39 is 5.91 Å². The molecule has 2 rings (SSSR count). The Labute approximate surface area is 132 Å². The third kappa shape index (κ3) is 4.34. The van der Waals surface area contributed by atoms with Crippen LogP contribution >= 0.6 is 11.8 Å². The molecule has 0 unspecified atom stereocenters. The first-order valence-corrected chi connectivity index (χ1v) is 8.04. The van der Waals surface area contributed by atoms with Gasteiger partial charge in [-0.1, -0.05) is 11.8 Å². The minimum absolute atomic E-state index is 0.154. The topological polar surface area (TPSA) is 115 Å². The van der Waals surface area contributed by atoms with Crippen LogP contribution in [0.2, 0.25) is 0 Å². The lowest BCUT2D eigenvalue weighted by atomic mass is 10.4. The van der Waals surface area contributed by atoms with Gasteiger partial charge in [-0.3, -0.25) is 14.2 Å². The van der Waals surface area contributed by atoms with Crippen LogP contribution in [0.4, 0.5) is 5.95 Å². The third-order valence-corrected chi connectivity index (χ3v) is 4.07. The minimum atomic E-state index is -0.565. The Morgan fingerprint density at radius 3 is 2.73 bits per heavy atom. The molecule has 2 amide bonds. The number of amides is 2. The van der Waals surface area contributed by atoms with E-state index in [2.05, 4.69) is 20.4 Å². The smallest absolute Gasteiger partial charge is 0.236 e. The summed E-state index contributed by atoms with van der Waals surface area (Å²) in [6, 6.07) is 0. The van der Waals surface area contributed by atoms with Crippen LogP contribution in [0, 0.1) is 0 Å². The molecule has 2 heterocycles. The SMILES string of the molecule is CCn1c(SCC(=O)NCC(N)=O)nnc1N1CCOCC1. The lowest BCUT2D eigenvalue weighted by Gasteiger charge is -2.27. The van der Waals surface area contributed by atoms with Crippen LogP contribution in [0.5, 0.6) is 0 Å². The summed E-state index contributed by atoms with van der Waals surface area (Å²) in [5.74, 6) is 0.132. The molecule has 0 bridgehead atoms. The molecule has 1 aromatic heterocycles. The second-order valence-corrected chi connectivity index (χ2v) is 5.60. The van der Waals surface area contributed by atoms with Gasteiger partial charge in [0.15, 0.2) is 5.16 Å². The first-order valence-electron chi connectivity index (χ1n) is 7.05. The van der Waals surface area contributed by atoms with Crippen LogP contribution in [0.15, 0.2) is 5.16 Å². The zero-order valence-corrected chi connectivity index (χ0v) is 13.3. The quantitative estimate of drug-likeness (QED) is 0.606. The zero-order chi connectivity index (χ0) is 15.9. The van der Waals surface area contributed by atoms with Gasteiger partial charge in [-0.2, -0.15) is 0 Å². The Morgan fingerprint density at radius 2 is 2.09 bits per heavy atom. The largest absolute Gasteiger partial charge is 0.378 e. The molecular formula is C12H20N6O3S. The summed E-state index contributed by atoms with van der Waals surface area (Å²) in [6.07, 6.45) is 0. The Balaban J connectivity index is 1.95. The minimum Gasteiger partial charge on any atom is -0.378 e. The van der Waals surface area contributed by atoms with Gasteiger partial charge in [-0.25, -0.2) is 0 Å².